The molecule has 0 saturated heterocycles. The summed E-state index contributed by atoms with van der Waals surface area (Å²) < 4.78 is 5.74. The number of amides is 1. The third-order valence-corrected chi connectivity index (χ3v) is 4.45. The molecule has 2 aromatic rings. The van der Waals surface area contributed by atoms with Crippen molar-refractivity contribution in [2.45, 2.75) is 33.2 Å². The summed E-state index contributed by atoms with van der Waals surface area (Å²) in [6.07, 6.45) is 0.791. The van der Waals surface area contributed by atoms with Crippen molar-refractivity contribution in [2.75, 3.05) is 23.4 Å². The lowest BCUT2D eigenvalue weighted by Crippen LogP contribution is -2.46. The number of para-hydroxylation sites is 1. The highest BCUT2D eigenvalue weighted by Crippen LogP contribution is 2.34. The quantitative estimate of drug-likeness (QED) is 0.848. The van der Waals surface area contributed by atoms with Gasteiger partial charge in [0.25, 0.3) is 0 Å². The van der Waals surface area contributed by atoms with Crippen molar-refractivity contribution in [3.8, 4) is 5.75 Å². The smallest absolute Gasteiger partial charge is 0.249 e. The third-order valence-electron chi connectivity index (χ3n) is 4.45. The lowest BCUT2D eigenvalue weighted by molar-refractivity contribution is -0.119. The molecular weight excluding hydrogens is 300 g/mol. The molecule has 0 saturated carbocycles. The number of rotatable bonds is 5. The molecule has 4 nitrogen and oxygen atoms in total. The molecule has 1 unspecified atom stereocenters. The fourth-order valence-corrected chi connectivity index (χ4v) is 2.95. The van der Waals surface area contributed by atoms with Crippen molar-refractivity contribution in [3.05, 3.63) is 53.6 Å². The van der Waals surface area contributed by atoms with Crippen LogP contribution >= 0.6 is 0 Å². The monoisotopic (exact) mass is 324 g/mol. The molecule has 2 aromatic carbocycles. The molecule has 1 aliphatic heterocycles. The van der Waals surface area contributed by atoms with Crippen LogP contribution in [-0.2, 0) is 4.79 Å². The second-order valence-corrected chi connectivity index (χ2v) is 6.32. The summed E-state index contributed by atoms with van der Waals surface area (Å²) in [5.41, 5.74) is 4.44. The van der Waals surface area contributed by atoms with Gasteiger partial charge in [-0.1, -0.05) is 18.2 Å². The van der Waals surface area contributed by atoms with Crippen LogP contribution in [0, 0.1) is 13.8 Å². The highest BCUT2D eigenvalue weighted by Gasteiger charge is 2.29. The summed E-state index contributed by atoms with van der Waals surface area (Å²) in [6, 6.07) is 13.8. The minimum atomic E-state index is -0.199. The van der Waals surface area contributed by atoms with Crippen LogP contribution < -0.4 is 15.0 Å². The Bertz CT molecular complexity index is 728. The molecule has 1 atom stereocenters. The number of nitrogens with one attached hydrogen (secondary N) is 1. The van der Waals surface area contributed by atoms with Gasteiger partial charge in [-0.15, -0.1) is 0 Å². The Morgan fingerprint density at radius 1 is 1.12 bits per heavy atom. The van der Waals surface area contributed by atoms with E-state index in [1.807, 2.05) is 42.2 Å². The molecule has 1 aliphatic rings. The van der Waals surface area contributed by atoms with Crippen LogP contribution in [0.2, 0.25) is 0 Å². The molecule has 0 bridgehead atoms. The van der Waals surface area contributed by atoms with Gasteiger partial charge in [-0.2, -0.15) is 0 Å². The van der Waals surface area contributed by atoms with Crippen LogP contribution in [0.25, 0.3) is 0 Å². The van der Waals surface area contributed by atoms with Crippen molar-refractivity contribution < 1.29 is 9.53 Å². The van der Waals surface area contributed by atoms with E-state index in [1.165, 1.54) is 11.1 Å². The molecule has 0 radical (unpaired) electrons. The number of nitrogens with zero attached hydrogens (tertiary/aromatic N) is 1. The second kappa shape index (κ2) is 6.95. The minimum absolute atomic E-state index is 0.116. The van der Waals surface area contributed by atoms with Gasteiger partial charge in [0, 0.05) is 6.54 Å². The fraction of sp³-hybridized carbons (Fsp3) is 0.350. The number of anilines is 2. The first kappa shape index (κ1) is 16.4. The molecule has 126 valence electrons. The fourth-order valence-electron chi connectivity index (χ4n) is 2.95. The van der Waals surface area contributed by atoms with Gasteiger partial charge in [-0.25, -0.2) is 0 Å². The minimum Gasteiger partial charge on any atom is -0.494 e. The molecule has 1 N–H and O–H groups in total. The number of carbonyl (C=O) groups excluding carboxylic acids is 1. The third kappa shape index (κ3) is 3.37. The maximum Gasteiger partial charge on any atom is 0.249 e. The second-order valence-electron chi connectivity index (χ2n) is 6.32. The Labute approximate surface area is 143 Å². The molecule has 0 aromatic heterocycles. The summed E-state index contributed by atoms with van der Waals surface area (Å²) in [5, 5.41) is 3.30. The van der Waals surface area contributed by atoms with Gasteiger partial charge in [0.15, 0.2) is 0 Å². The summed E-state index contributed by atoms with van der Waals surface area (Å²) in [7, 11) is 0. The molecule has 24 heavy (non-hydrogen) atoms. The van der Waals surface area contributed by atoms with Crippen LogP contribution in [0.4, 0.5) is 11.4 Å². The van der Waals surface area contributed by atoms with Crippen LogP contribution in [0.1, 0.15) is 24.5 Å². The first-order chi connectivity index (χ1) is 11.6. The van der Waals surface area contributed by atoms with E-state index in [9.17, 15) is 4.79 Å². The molecule has 4 heteroatoms. The van der Waals surface area contributed by atoms with E-state index in [0.29, 0.717) is 13.2 Å². The number of benzene rings is 2. The maximum atomic E-state index is 12.6. The van der Waals surface area contributed by atoms with Crippen molar-refractivity contribution >= 4 is 17.3 Å². The van der Waals surface area contributed by atoms with E-state index in [4.69, 9.17) is 4.74 Å². The van der Waals surface area contributed by atoms with E-state index >= 15 is 0 Å². The van der Waals surface area contributed by atoms with E-state index in [1.54, 1.807) is 0 Å². The zero-order valence-electron chi connectivity index (χ0n) is 14.5. The highest BCUT2D eigenvalue weighted by molar-refractivity contribution is 6.04. The molecule has 0 aliphatic carbocycles. The van der Waals surface area contributed by atoms with Crippen LogP contribution in [-0.4, -0.2) is 25.1 Å². The number of ether oxygens (including phenoxy) is 1. The average molecular weight is 324 g/mol. The normalized spacial score (nSPS) is 16.5. The Morgan fingerprint density at radius 2 is 1.83 bits per heavy atom. The van der Waals surface area contributed by atoms with E-state index in [0.717, 1.165) is 23.5 Å². The van der Waals surface area contributed by atoms with Gasteiger partial charge in [-0.05, 0) is 62.6 Å². The van der Waals surface area contributed by atoms with Gasteiger partial charge in [-0.3, -0.25) is 4.79 Å². The number of fused-ring (bicyclic) bond motifs is 1. The number of hydrogen-bond donors (Lipinski definition) is 1. The zero-order chi connectivity index (χ0) is 17.1. The number of carbonyl (C=O) groups is 1. The molecule has 0 spiro atoms. The van der Waals surface area contributed by atoms with Crippen LogP contribution in [0.5, 0.6) is 5.75 Å². The summed E-state index contributed by atoms with van der Waals surface area (Å²) >= 11 is 0. The predicted molar refractivity (Wildman–Crippen MR) is 97.9 cm³/mol. The van der Waals surface area contributed by atoms with E-state index < -0.39 is 0 Å². The van der Waals surface area contributed by atoms with Gasteiger partial charge in [0.05, 0.1) is 18.0 Å². The first-order valence-corrected chi connectivity index (χ1v) is 8.43. The van der Waals surface area contributed by atoms with Crippen molar-refractivity contribution in [1.82, 2.24) is 0 Å². The van der Waals surface area contributed by atoms with Gasteiger partial charge in [0.1, 0.15) is 11.8 Å². The largest absolute Gasteiger partial charge is 0.494 e. The van der Waals surface area contributed by atoms with E-state index in [2.05, 4.69) is 31.3 Å². The topological polar surface area (TPSA) is 41.6 Å². The number of aryl methyl sites for hydroxylation is 2. The molecule has 3 rings (SSSR count). The molecule has 1 heterocycles. The average Bonchev–Trinajstić information content (AvgIpc) is 2.58. The van der Waals surface area contributed by atoms with Crippen LogP contribution in [0.15, 0.2) is 42.5 Å². The van der Waals surface area contributed by atoms with Gasteiger partial charge in [0.2, 0.25) is 5.91 Å². The lowest BCUT2D eigenvalue weighted by Gasteiger charge is -2.34. The predicted octanol–water partition coefficient (Wildman–Crippen LogP) is 3.92. The summed E-state index contributed by atoms with van der Waals surface area (Å²) in [5.74, 6) is 0.981. The Morgan fingerprint density at radius 3 is 2.58 bits per heavy atom. The first-order valence-electron chi connectivity index (χ1n) is 8.43. The Kier molecular flexibility index (Phi) is 4.74. The molecule has 1 amide bonds. The van der Waals surface area contributed by atoms with Crippen LogP contribution in [0.3, 0.4) is 0 Å². The summed E-state index contributed by atoms with van der Waals surface area (Å²) in [4.78, 5) is 14.5. The number of hydrogen-bond acceptors (Lipinski definition) is 3. The molecular formula is C20H24N2O2. The van der Waals surface area contributed by atoms with Gasteiger partial charge >= 0.3 is 0 Å². The molecule has 0 fully saturated rings. The maximum absolute atomic E-state index is 12.6. The standard InChI is InChI=1S/C20H24N2O2/c1-14-12-18-19(13-15(14)2)22(20(23)16(3)21-18)10-7-11-24-17-8-5-4-6-9-17/h4-6,8-9,12-13,16,21H,7,10-11H2,1-3H3. The lowest BCUT2D eigenvalue weighted by atomic mass is 10.0. The Balaban J connectivity index is 1.68. The summed E-state index contributed by atoms with van der Waals surface area (Å²) in [6.45, 7) is 7.34. The highest BCUT2D eigenvalue weighted by atomic mass is 16.5. The SMILES string of the molecule is Cc1cc2c(cc1C)N(CCCOc1ccccc1)C(=O)C(C)N2. The van der Waals surface area contributed by atoms with Gasteiger partial charge < -0.3 is 15.0 Å². The van der Waals surface area contributed by atoms with Crippen molar-refractivity contribution in [1.29, 1.82) is 0 Å². The zero-order valence-corrected chi connectivity index (χ0v) is 14.5. The van der Waals surface area contributed by atoms with Crippen molar-refractivity contribution in [3.63, 3.8) is 0 Å². The van der Waals surface area contributed by atoms with Crippen molar-refractivity contribution in [2.24, 2.45) is 0 Å². The van der Waals surface area contributed by atoms with E-state index in [-0.39, 0.29) is 11.9 Å². The Hall–Kier alpha value is -2.49.